The lowest BCUT2D eigenvalue weighted by atomic mass is 10.2. The molecule has 0 fully saturated rings. The van der Waals surface area contributed by atoms with Gasteiger partial charge in [-0.05, 0) is 27.2 Å². The molecule has 110 valence electrons. The fourth-order valence-electron chi connectivity index (χ4n) is 1.31. The molecule has 6 nitrogen and oxygen atoms in total. The Morgan fingerprint density at radius 3 is 2.55 bits per heavy atom. The molecule has 1 aromatic rings. The summed E-state index contributed by atoms with van der Waals surface area (Å²) in [4.78, 5) is 19.4. The number of methoxy groups -OCH3 is 1. The van der Waals surface area contributed by atoms with Gasteiger partial charge >= 0.3 is 12.1 Å². The molecule has 0 bridgehead atoms. The number of aromatic nitrogens is 2. The maximum Gasteiger partial charge on any atom is 0.407 e. The normalized spacial score (nSPS) is 11.4. The van der Waals surface area contributed by atoms with Crippen LogP contribution in [0, 0.1) is 0 Å². The topological polar surface area (TPSA) is 73.3 Å². The van der Waals surface area contributed by atoms with Crippen LogP contribution in [0.4, 0.5) is 4.79 Å². The molecule has 6 heteroatoms. The first-order valence-electron chi connectivity index (χ1n) is 6.40. The lowest BCUT2D eigenvalue weighted by Crippen LogP contribution is -2.32. The lowest BCUT2D eigenvalue weighted by molar-refractivity contribution is 0.0529. The third-order valence-electron chi connectivity index (χ3n) is 2.12. The molecule has 1 N–H and O–H groups in total. The zero-order valence-corrected chi connectivity index (χ0v) is 12.3. The van der Waals surface area contributed by atoms with Crippen molar-refractivity contribution in [3.05, 3.63) is 24.0 Å². The maximum absolute atomic E-state index is 11.4. The van der Waals surface area contributed by atoms with Gasteiger partial charge in [0.2, 0.25) is 0 Å². The van der Waals surface area contributed by atoms with Crippen molar-refractivity contribution < 1.29 is 14.3 Å². The fourth-order valence-corrected chi connectivity index (χ4v) is 1.31. The van der Waals surface area contributed by atoms with E-state index in [0.717, 1.165) is 5.56 Å². The summed E-state index contributed by atoms with van der Waals surface area (Å²) in [5.74, 6) is 0. The van der Waals surface area contributed by atoms with Crippen LogP contribution in [0.15, 0.2) is 18.5 Å². The van der Waals surface area contributed by atoms with Crippen LogP contribution in [-0.4, -0.2) is 35.3 Å². The van der Waals surface area contributed by atoms with Gasteiger partial charge in [-0.15, -0.1) is 0 Å². The van der Waals surface area contributed by atoms with Crippen LogP contribution in [0.3, 0.4) is 0 Å². The van der Waals surface area contributed by atoms with Gasteiger partial charge < -0.3 is 14.8 Å². The molecule has 1 amide bonds. The first-order chi connectivity index (χ1) is 9.40. The maximum atomic E-state index is 11.4. The lowest BCUT2D eigenvalue weighted by Gasteiger charge is -2.19. The van der Waals surface area contributed by atoms with Gasteiger partial charge in [-0.3, -0.25) is 0 Å². The minimum Gasteiger partial charge on any atom is -0.467 e. The number of alkyl carbamates (subject to hydrolysis) is 1. The van der Waals surface area contributed by atoms with E-state index in [9.17, 15) is 4.79 Å². The number of amides is 1. The first-order valence-corrected chi connectivity index (χ1v) is 6.40. The van der Waals surface area contributed by atoms with E-state index < -0.39 is 11.7 Å². The number of carbonyl (C=O) groups is 1. The van der Waals surface area contributed by atoms with Gasteiger partial charge in [-0.2, -0.15) is 0 Å². The van der Waals surface area contributed by atoms with E-state index in [4.69, 9.17) is 9.47 Å². The van der Waals surface area contributed by atoms with Crippen molar-refractivity contribution in [3.8, 4) is 6.01 Å². The highest BCUT2D eigenvalue weighted by Crippen LogP contribution is 2.06. The van der Waals surface area contributed by atoms with Crippen molar-refractivity contribution in [3.63, 3.8) is 0 Å². The van der Waals surface area contributed by atoms with Gasteiger partial charge in [0.05, 0.1) is 7.11 Å². The molecule has 0 saturated heterocycles. The van der Waals surface area contributed by atoms with Gasteiger partial charge in [0, 0.05) is 24.5 Å². The SMILES string of the molecule is COc1ncc(C=CCCNC(=O)OC(C)(C)C)cn1. The van der Waals surface area contributed by atoms with E-state index in [2.05, 4.69) is 15.3 Å². The molecular formula is C14H21N3O3. The Morgan fingerprint density at radius 2 is 2.00 bits per heavy atom. The zero-order valence-electron chi connectivity index (χ0n) is 12.3. The van der Waals surface area contributed by atoms with E-state index in [1.807, 2.05) is 32.9 Å². The molecule has 0 radical (unpaired) electrons. The summed E-state index contributed by atoms with van der Waals surface area (Å²) in [6.07, 6.45) is 7.45. The fraction of sp³-hybridized carbons (Fsp3) is 0.500. The minimum atomic E-state index is -0.472. The standard InChI is InChI=1S/C14H21N3O3/c1-14(2,3)20-13(18)15-8-6-5-7-11-9-16-12(19-4)17-10-11/h5,7,9-10H,6,8H2,1-4H3,(H,15,18). The van der Waals surface area contributed by atoms with Gasteiger partial charge in [0.25, 0.3) is 0 Å². The predicted molar refractivity (Wildman–Crippen MR) is 76.5 cm³/mol. The summed E-state index contributed by atoms with van der Waals surface area (Å²) >= 11 is 0. The van der Waals surface area contributed by atoms with Crippen LogP contribution in [0.2, 0.25) is 0 Å². The highest BCUT2D eigenvalue weighted by Gasteiger charge is 2.15. The van der Waals surface area contributed by atoms with Crippen LogP contribution >= 0.6 is 0 Å². The number of rotatable bonds is 5. The largest absolute Gasteiger partial charge is 0.467 e. The molecule has 0 aliphatic heterocycles. The van der Waals surface area contributed by atoms with Crippen molar-refractivity contribution in [1.29, 1.82) is 0 Å². The molecule has 0 spiro atoms. The number of ether oxygens (including phenoxy) is 2. The Balaban J connectivity index is 2.26. The number of nitrogens with zero attached hydrogens (tertiary/aromatic N) is 2. The smallest absolute Gasteiger partial charge is 0.407 e. The highest BCUT2D eigenvalue weighted by atomic mass is 16.6. The van der Waals surface area contributed by atoms with Crippen LogP contribution in [0.1, 0.15) is 32.8 Å². The van der Waals surface area contributed by atoms with Gasteiger partial charge in [-0.1, -0.05) is 12.2 Å². The first kappa shape index (κ1) is 15.9. The van der Waals surface area contributed by atoms with E-state index in [1.165, 1.54) is 7.11 Å². The molecular weight excluding hydrogens is 258 g/mol. The number of hydrogen-bond donors (Lipinski definition) is 1. The van der Waals surface area contributed by atoms with Gasteiger partial charge in [-0.25, -0.2) is 14.8 Å². The van der Waals surface area contributed by atoms with Crippen LogP contribution in [0.25, 0.3) is 6.08 Å². The highest BCUT2D eigenvalue weighted by molar-refractivity contribution is 5.67. The Bertz CT molecular complexity index is 450. The van der Waals surface area contributed by atoms with Crippen molar-refractivity contribution in [2.24, 2.45) is 0 Å². The van der Waals surface area contributed by atoms with Crippen molar-refractivity contribution in [2.75, 3.05) is 13.7 Å². The van der Waals surface area contributed by atoms with Gasteiger partial charge in [0.15, 0.2) is 0 Å². The molecule has 20 heavy (non-hydrogen) atoms. The second-order valence-electron chi connectivity index (χ2n) is 5.12. The molecule has 0 aromatic carbocycles. The van der Waals surface area contributed by atoms with Crippen molar-refractivity contribution in [1.82, 2.24) is 15.3 Å². The molecule has 1 aromatic heterocycles. The number of nitrogens with one attached hydrogen (secondary N) is 1. The van der Waals surface area contributed by atoms with Crippen LogP contribution < -0.4 is 10.1 Å². The Labute approximate surface area is 119 Å². The second-order valence-corrected chi connectivity index (χ2v) is 5.12. The molecule has 0 aliphatic rings. The Hall–Kier alpha value is -2.11. The van der Waals surface area contributed by atoms with E-state index in [0.29, 0.717) is 19.0 Å². The summed E-state index contributed by atoms with van der Waals surface area (Å²) in [6.45, 7) is 6.00. The molecule has 0 atom stereocenters. The van der Waals surface area contributed by atoms with E-state index in [1.54, 1.807) is 12.4 Å². The zero-order chi connectivity index (χ0) is 15.0. The Kier molecular flexibility index (Phi) is 5.96. The van der Waals surface area contributed by atoms with Crippen LogP contribution in [-0.2, 0) is 4.74 Å². The summed E-state index contributed by atoms with van der Waals surface area (Å²) in [7, 11) is 1.52. The van der Waals surface area contributed by atoms with E-state index >= 15 is 0 Å². The molecule has 1 heterocycles. The van der Waals surface area contributed by atoms with E-state index in [-0.39, 0.29) is 0 Å². The molecule has 0 saturated carbocycles. The predicted octanol–water partition coefficient (Wildman–Crippen LogP) is 2.41. The minimum absolute atomic E-state index is 0.341. The third-order valence-corrected chi connectivity index (χ3v) is 2.12. The molecule has 0 aliphatic carbocycles. The molecule has 1 rings (SSSR count). The average molecular weight is 279 g/mol. The monoisotopic (exact) mass is 279 g/mol. The summed E-state index contributed by atoms with van der Waals surface area (Å²) < 4.78 is 9.99. The average Bonchev–Trinajstić information content (AvgIpc) is 2.37. The third kappa shape index (κ3) is 6.72. The summed E-state index contributed by atoms with van der Waals surface area (Å²) in [6, 6.07) is 0.341. The quantitative estimate of drug-likeness (QED) is 0.838. The summed E-state index contributed by atoms with van der Waals surface area (Å²) in [5, 5.41) is 2.68. The number of carbonyl (C=O) groups excluding carboxylic acids is 1. The van der Waals surface area contributed by atoms with Crippen LogP contribution in [0.5, 0.6) is 6.01 Å². The second kappa shape index (κ2) is 7.47. The van der Waals surface area contributed by atoms with Gasteiger partial charge in [0.1, 0.15) is 5.60 Å². The summed E-state index contributed by atoms with van der Waals surface area (Å²) in [5.41, 5.74) is 0.406. The number of hydrogen-bond acceptors (Lipinski definition) is 5. The Morgan fingerprint density at radius 1 is 1.35 bits per heavy atom. The molecule has 0 unspecified atom stereocenters. The van der Waals surface area contributed by atoms with Crippen molar-refractivity contribution in [2.45, 2.75) is 32.8 Å². The van der Waals surface area contributed by atoms with Crippen molar-refractivity contribution >= 4 is 12.2 Å².